The van der Waals surface area contributed by atoms with E-state index in [9.17, 15) is 8.78 Å². The summed E-state index contributed by atoms with van der Waals surface area (Å²) in [5, 5.41) is 7.43. The number of rotatable bonds is 6. The summed E-state index contributed by atoms with van der Waals surface area (Å²) in [4.78, 5) is 0. The average molecular weight is 287 g/mol. The summed E-state index contributed by atoms with van der Waals surface area (Å²) >= 11 is 1.18. The third-order valence-corrected chi connectivity index (χ3v) is 2.92. The Hall–Kier alpha value is -1.96. The largest absolute Gasteiger partial charge is 0.493 e. The molecule has 0 radical (unpaired) electrons. The number of hydrogen-bond donors (Lipinski definition) is 1. The normalized spacial score (nSPS) is 10.5. The summed E-state index contributed by atoms with van der Waals surface area (Å²) in [7, 11) is 1.40. The fourth-order valence-electron chi connectivity index (χ4n) is 1.51. The van der Waals surface area contributed by atoms with Gasteiger partial charge in [-0.15, -0.1) is 5.10 Å². The minimum Gasteiger partial charge on any atom is -0.493 e. The van der Waals surface area contributed by atoms with Crippen LogP contribution in [0.3, 0.4) is 0 Å². The number of alkyl halides is 2. The highest BCUT2D eigenvalue weighted by Gasteiger charge is 2.15. The van der Waals surface area contributed by atoms with Crippen LogP contribution in [0, 0.1) is 0 Å². The molecule has 0 aliphatic heterocycles. The van der Waals surface area contributed by atoms with Crippen LogP contribution in [0.4, 0.5) is 13.8 Å². The van der Waals surface area contributed by atoms with E-state index in [2.05, 4.69) is 19.6 Å². The predicted octanol–water partition coefficient (Wildman–Crippen LogP) is 2.76. The molecule has 0 bridgehead atoms. The van der Waals surface area contributed by atoms with E-state index >= 15 is 0 Å². The quantitative estimate of drug-likeness (QED) is 0.885. The summed E-state index contributed by atoms with van der Waals surface area (Å²) in [6.07, 6.45) is 1.55. The number of methoxy groups -OCH3 is 1. The molecule has 102 valence electrons. The second-order valence-corrected chi connectivity index (χ2v) is 4.25. The number of nitrogens with one attached hydrogen (secondary N) is 1. The molecular weight excluding hydrogens is 276 g/mol. The fraction of sp³-hybridized carbons (Fsp3) is 0.273. The van der Waals surface area contributed by atoms with Gasteiger partial charge in [-0.05, 0) is 6.07 Å². The third kappa shape index (κ3) is 3.50. The molecule has 0 atom stereocenters. The van der Waals surface area contributed by atoms with Crippen molar-refractivity contribution in [2.45, 2.75) is 13.2 Å². The van der Waals surface area contributed by atoms with Crippen molar-refractivity contribution < 1.29 is 18.3 Å². The minimum atomic E-state index is -2.90. The van der Waals surface area contributed by atoms with Crippen LogP contribution in [-0.2, 0) is 6.54 Å². The van der Waals surface area contributed by atoms with Crippen LogP contribution in [0.25, 0.3) is 0 Å². The van der Waals surface area contributed by atoms with E-state index in [0.29, 0.717) is 12.1 Å². The van der Waals surface area contributed by atoms with Crippen LogP contribution >= 0.6 is 11.5 Å². The standard InChI is InChI=1S/C11H11F2N3O2S/c1-17-8-4-2-3-7(10(8)18-11(12)13)5-14-9-6-15-16-19-9/h2-4,6,11,14H,5H2,1H3. The molecule has 1 aromatic carbocycles. The highest BCUT2D eigenvalue weighted by atomic mass is 32.1. The fourth-order valence-corrected chi connectivity index (χ4v) is 1.92. The molecule has 0 spiro atoms. The summed E-state index contributed by atoms with van der Waals surface area (Å²) in [5.41, 5.74) is 0.563. The van der Waals surface area contributed by atoms with Gasteiger partial charge >= 0.3 is 6.61 Å². The summed E-state index contributed by atoms with van der Waals surface area (Å²) in [5.74, 6) is 0.298. The Kier molecular flexibility index (Phi) is 4.45. The molecule has 0 fully saturated rings. The summed E-state index contributed by atoms with van der Waals surface area (Å²) < 4.78 is 38.0. The van der Waals surface area contributed by atoms with Crippen molar-refractivity contribution in [3.63, 3.8) is 0 Å². The van der Waals surface area contributed by atoms with E-state index in [1.165, 1.54) is 18.6 Å². The smallest absolute Gasteiger partial charge is 0.387 e. The van der Waals surface area contributed by atoms with Crippen molar-refractivity contribution in [3.05, 3.63) is 30.0 Å². The number of aromatic nitrogens is 2. The number of nitrogens with zero attached hydrogens (tertiary/aromatic N) is 2. The average Bonchev–Trinajstić information content (AvgIpc) is 2.90. The van der Waals surface area contributed by atoms with Crippen LogP contribution in [-0.4, -0.2) is 23.3 Å². The Morgan fingerprint density at radius 1 is 1.42 bits per heavy atom. The van der Waals surface area contributed by atoms with Crippen LogP contribution in [0.2, 0.25) is 0 Å². The van der Waals surface area contributed by atoms with E-state index in [0.717, 1.165) is 5.00 Å². The van der Waals surface area contributed by atoms with Crippen LogP contribution in [0.5, 0.6) is 11.5 Å². The SMILES string of the molecule is COc1cccc(CNc2cnns2)c1OC(F)F. The lowest BCUT2D eigenvalue weighted by Gasteiger charge is -2.14. The van der Waals surface area contributed by atoms with E-state index in [1.807, 2.05) is 0 Å². The maximum Gasteiger partial charge on any atom is 0.387 e. The number of hydrogen-bond acceptors (Lipinski definition) is 6. The van der Waals surface area contributed by atoms with Gasteiger partial charge < -0.3 is 14.8 Å². The van der Waals surface area contributed by atoms with Gasteiger partial charge in [0.1, 0.15) is 5.00 Å². The van der Waals surface area contributed by atoms with E-state index in [-0.39, 0.29) is 11.5 Å². The van der Waals surface area contributed by atoms with Crippen molar-refractivity contribution in [1.82, 2.24) is 9.59 Å². The van der Waals surface area contributed by atoms with Gasteiger partial charge in [-0.3, -0.25) is 0 Å². The van der Waals surface area contributed by atoms with Crippen LogP contribution in [0.1, 0.15) is 5.56 Å². The molecule has 1 N–H and O–H groups in total. The molecular formula is C11H11F2N3O2S. The number of ether oxygens (including phenoxy) is 2. The minimum absolute atomic E-state index is 0.0324. The zero-order valence-electron chi connectivity index (χ0n) is 9.97. The van der Waals surface area contributed by atoms with Gasteiger partial charge in [-0.25, -0.2) is 0 Å². The predicted molar refractivity (Wildman–Crippen MR) is 66.9 cm³/mol. The lowest BCUT2D eigenvalue weighted by molar-refractivity contribution is -0.0517. The maximum absolute atomic E-state index is 12.4. The van der Waals surface area contributed by atoms with Crippen LogP contribution in [0.15, 0.2) is 24.4 Å². The summed E-state index contributed by atoms with van der Waals surface area (Å²) in [6, 6.07) is 4.95. The second kappa shape index (κ2) is 6.28. The molecule has 1 aromatic heterocycles. The topological polar surface area (TPSA) is 56.3 Å². The molecule has 0 amide bonds. The highest BCUT2D eigenvalue weighted by Crippen LogP contribution is 2.33. The Morgan fingerprint density at radius 3 is 2.89 bits per heavy atom. The van der Waals surface area contributed by atoms with E-state index in [4.69, 9.17) is 4.74 Å². The van der Waals surface area contributed by atoms with Gasteiger partial charge in [0.25, 0.3) is 0 Å². The maximum atomic E-state index is 12.4. The summed E-state index contributed by atoms with van der Waals surface area (Å²) in [6.45, 7) is -2.59. The molecule has 0 aliphatic carbocycles. The first-order valence-corrected chi connectivity index (χ1v) is 6.10. The van der Waals surface area contributed by atoms with Gasteiger partial charge in [0.15, 0.2) is 11.5 Å². The molecule has 8 heteroatoms. The number of halogens is 2. The first kappa shape index (κ1) is 13.5. The van der Waals surface area contributed by atoms with Gasteiger partial charge in [0.2, 0.25) is 0 Å². The van der Waals surface area contributed by atoms with E-state index in [1.54, 1.807) is 24.4 Å². The first-order valence-electron chi connectivity index (χ1n) is 5.32. The molecule has 5 nitrogen and oxygen atoms in total. The number of para-hydroxylation sites is 1. The van der Waals surface area contributed by atoms with Crippen LogP contribution < -0.4 is 14.8 Å². The Balaban J connectivity index is 2.18. The number of anilines is 1. The number of benzene rings is 1. The Labute approximate surface area is 112 Å². The van der Waals surface area contributed by atoms with Crippen molar-refractivity contribution in [2.75, 3.05) is 12.4 Å². The van der Waals surface area contributed by atoms with Crippen molar-refractivity contribution >= 4 is 16.5 Å². The van der Waals surface area contributed by atoms with E-state index < -0.39 is 6.61 Å². The van der Waals surface area contributed by atoms with Gasteiger partial charge in [0.05, 0.1) is 13.3 Å². The van der Waals surface area contributed by atoms with Gasteiger partial charge in [0, 0.05) is 23.6 Å². The third-order valence-electron chi connectivity index (χ3n) is 2.30. The van der Waals surface area contributed by atoms with Crippen molar-refractivity contribution in [2.24, 2.45) is 0 Å². The van der Waals surface area contributed by atoms with Crippen molar-refractivity contribution in [3.8, 4) is 11.5 Å². The molecule has 0 saturated carbocycles. The molecule has 1 heterocycles. The van der Waals surface area contributed by atoms with Crippen molar-refractivity contribution in [1.29, 1.82) is 0 Å². The monoisotopic (exact) mass is 287 g/mol. The molecule has 2 aromatic rings. The molecule has 0 saturated heterocycles. The zero-order chi connectivity index (χ0) is 13.7. The second-order valence-electron chi connectivity index (χ2n) is 3.46. The Morgan fingerprint density at radius 2 is 2.26 bits per heavy atom. The molecule has 19 heavy (non-hydrogen) atoms. The lowest BCUT2D eigenvalue weighted by atomic mass is 10.2. The molecule has 2 rings (SSSR count). The zero-order valence-corrected chi connectivity index (χ0v) is 10.8. The van der Waals surface area contributed by atoms with Gasteiger partial charge in [-0.2, -0.15) is 8.78 Å². The highest BCUT2D eigenvalue weighted by molar-refractivity contribution is 7.09. The molecule has 0 unspecified atom stereocenters. The van der Waals surface area contributed by atoms with Gasteiger partial charge in [-0.1, -0.05) is 16.6 Å². The lowest BCUT2D eigenvalue weighted by Crippen LogP contribution is -2.08. The Bertz CT molecular complexity index is 523. The molecule has 0 aliphatic rings. The first-order chi connectivity index (χ1) is 9.20.